The third-order valence-electron chi connectivity index (χ3n) is 5.67. The molecule has 170 valence electrons. The lowest BCUT2D eigenvalue weighted by Crippen LogP contribution is -2.25. The molecule has 5 rings (SSSR count). The molecular formula is C26H22N4O3S. The zero-order valence-electron chi connectivity index (χ0n) is 18.3. The van der Waals surface area contributed by atoms with Crippen molar-refractivity contribution in [2.75, 3.05) is 13.1 Å². The normalized spacial score (nSPS) is 13.6. The minimum atomic E-state index is -3.88. The number of para-hydroxylation sites is 1. The highest BCUT2D eigenvalue weighted by atomic mass is 32.2. The molecule has 3 aromatic carbocycles. The summed E-state index contributed by atoms with van der Waals surface area (Å²) >= 11 is 0. The molecule has 8 heteroatoms. The summed E-state index contributed by atoms with van der Waals surface area (Å²) < 4.78 is 28.4. The first kappa shape index (κ1) is 21.8. The van der Waals surface area contributed by atoms with E-state index in [1.54, 1.807) is 12.3 Å². The summed E-state index contributed by atoms with van der Waals surface area (Å²) in [6, 6.07) is 23.0. The van der Waals surface area contributed by atoms with Crippen molar-refractivity contribution >= 4 is 26.8 Å². The van der Waals surface area contributed by atoms with Gasteiger partial charge in [0.15, 0.2) is 0 Å². The number of benzene rings is 3. The molecule has 0 saturated heterocycles. The molecule has 0 bridgehead atoms. The molecule has 1 N–H and O–H groups in total. The van der Waals surface area contributed by atoms with Gasteiger partial charge in [-0.3, -0.25) is 4.79 Å². The lowest BCUT2D eigenvalue weighted by atomic mass is 10.1. The van der Waals surface area contributed by atoms with Crippen LogP contribution in [0.5, 0.6) is 0 Å². The number of hydrogen-bond donors (Lipinski definition) is 1. The number of amides is 1. The van der Waals surface area contributed by atoms with E-state index in [0.717, 1.165) is 22.9 Å². The van der Waals surface area contributed by atoms with Gasteiger partial charge in [-0.1, -0.05) is 54.6 Å². The van der Waals surface area contributed by atoms with E-state index in [1.807, 2.05) is 54.6 Å². The van der Waals surface area contributed by atoms with E-state index in [9.17, 15) is 13.2 Å². The first-order valence-electron chi connectivity index (χ1n) is 10.9. The third kappa shape index (κ3) is 4.15. The summed E-state index contributed by atoms with van der Waals surface area (Å²) in [4.78, 5) is 12.6. The first-order valence-corrected chi connectivity index (χ1v) is 12.3. The number of aromatic nitrogens is 1. The molecule has 2 heterocycles. The fourth-order valence-corrected chi connectivity index (χ4v) is 5.31. The Hall–Kier alpha value is -4.04. The first-order chi connectivity index (χ1) is 16.5. The Kier molecular flexibility index (Phi) is 5.81. The molecular weight excluding hydrogens is 448 g/mol. The van der Waals surface area contributed by atoms with E-state index in [1.165, 1.54) is 28.2 Å². The van der Waals surface area contributed by atoms with Gasteiger partial charge in [-0.15, -0.1) is 0 Å². The number of fused-ring (bicyclic) bond motifs is 1. The Morgan fingerprint density at radius 1 is 0.941 bits per heavy atom. The Bertz CT molecular complexity index is 1520. The minimum Gasteiger partial charge on any atom is -0.346 e. The van der Waals surface area contributed by atoms with Crippen LogP contribution in [0.1, 0.15) is 16.8 Å². The van der Waals surface area contributed by atoms with Crippen LogP contribution in [0.4, 0.5) is 0 Å². The molecule has 1 amide bonds. The van der Waals surface area contributed by atoms with Crippen LogP contribution in [0.15, 0.2) is 112 Å². The van der Waals surface area contributed by atoms with E-state index < -0.39 is 10.0 Å². The highest BCUT2D eigenvalue weighted by molar-refractivity contribution is 7.90. The summed E-state index contributed by atoms with van der Waals surface area (Å²) in [5, 5.41) is 11.6. The average molecular weight is 471 g/mol. The summed E-state index contributed by atoms with van der Waals surface area (Å²) in [7, 11) is -3.88. The lowest BCUT2D eigenvalue weighted by Gasteiger charge is -2.10. The molecule has 34 heavy (non-hydrogen) atoms. The van der Waals surface area contributed by atoms with Gasteiger partial charge < -0.3 is 5.32 Å². The van der Waals surface area contributed by atoms with Gasteiger partial charge in [-0.2, -0.15) is 10.2 Å². The number of hydrogen-bond acceptors (Lipinski definition) is 5. The van der Waals surface area contributed by atoms with Gasteiger partial charge in [0.2, 0.25) is 0 Å². The van der Waals surface area contributed by atoms with E-state index in [0.29, 0.717) is 23.3 Å². The zero-order chi connectivity index (χ0) is 23.5. The van der Waals surface area contributed by atoms with Crippen LogP contribution in [-0.4, -0.2) is 31.4 Å². The smallest absolute Gasteiger partial charge is 0.268 e. The van der Waals surface area contributed by atoms with Crippen molar-refractivity contribution in [3.8, 4) is 11.1 Å². The highest BCUT2D eigenvalue weighted by Crippen LogP contribution is 2.32. The molecule has 4 aromatic rings. The topological polar surface area (TPSA) is 92.9 Å². The maximum atomic E-state index is 13.5. The van der Waals surface area contributed by atoms with Crippen molar-refractivity contribution in [2.24, 2.45) is 10.2 Å². The Balaban J connectivity index is 1.44. The van der Waals surface area contributed by atoms with Crippen LogP contribution in [0.3, 0.4) is 0 Å². The predicted octanol–water partition coefficient (Wildman–Crippen LogP) is 5.01. The van der Waals surface area contributed by atoms with Crippen LogP contribution < -0.4 is 5.32 Å². The average Bonchev–Trinajstić information content (AvgIpc) is 3.29. The van der Waals surface area contributed by atoms with Gasteiger partial charge in [0.25, 0.3) is 15.9 Å². The Morgan fingerprint density at radius 3 is 2.41 bits per heavy atom. The third-order valence-corrected chi connectivity index (χ3v) is 7.36. The largest absolute Gasteiger partial charge is 0.346 e. The van der Waals surface area contributed by atoms with E-state index >= 15 is 0 Å². The molecule has 1 aliphatic heterocycles. The molecule has 1 aliphatic rings. The Morgan fingerprint density at radius 2 is 1.68 bits per heavy atom. The van der Waals surface area contributed by atoms with E-state index in [-0.39, 0.29) is 17.3 Å². The van der Waals surface area contributed by atoms with Gasteiger partial charge in [0.05, 0.1) is 29.2 Å². The van der Waals surface area contributed by atoms with Crippen molar-refractivity contribution in [3.63, 3.8) is 0 Å². The SMILES string of the molecule is O=C(NCC1=CCCN=N1)c1ccc(S(=O)(=O)n2cc(-c3ccccc3)c3ccccc32)cc1. The number of carbonyl (C=O) groups is 1. The molecule has 0 saturated carbocycles. The Labute approximate surface area is 197 Å². The second kappa shape index (κ2) is 9.07. The summed E-state index contributed by atoms with van der Waals surface area (Å²) in [5.41, 5.74) is 3.46. The second-order valence-corrected chi connectivity index (χ2v) is 9.70. The number of nitrogens with one attached hydrogen (secondary N) is 1. The highest BCUT2D eigenvalue weighted by Gasteiger charge is 2.22. The standard InChI is InChI=1S/C26H22N4O3S/c31-26(27-17-21-9-6-16-28-29-21)20-12-14-22(15-13-20)34(32,33)30-18-24(19-7-2-1-3-8-19)23-10-4-5-11-25(23)30/h1-5,7-15,18H,6,16-17H2,(H,27,31). The van der Waals surface area contributed by atoms with Gasteiger partial charge in [0.1, 0.15) is 0 Å². The zero-order valence-corrected chi connectivity index (χ0v) is 19.1. The van der Waals surface area contributed by atoms with Crippen molar-refractivity contribution in [3.05, 3.63) is 102 Å². The van der Waals surface area contributed by atoms with Crippen molar-refractivity contribution in [1.82, 2.24) is 9.29 Å². The van der Waals surface area contributed by atoms with Crippen molar-refractivity contribution in [1.29, 1.82) is 0 Å². The van der Waals surface area contributed by atoms with Crippen molar-refractivity contribution < 1.29 is 13.2 Å². The summed E-state index contributed by atoms with van der Waals surface area (Å²) in [6.07, 6.45) is 4.40. The molecule has 0 fully saturated rings. The van der Waals surface area contributed by atoms with E-state index in [4.69, 9.17) is 0 Å². The lowest BCUT2D eigenvalue weighted by molar-refractivity contribution is 0.0956. The van der Waals surface area contributed by atoms with Gasteiger partial charge in [-0.25, -0.2) is 12.4 Å². The fraction of sp³-hybridized carbons (Fsp3) is 0.115. The quantitative estimate of drug-likeness (QED) is 0.429. The number of carbonyl (C=O) groups excluding carboxylic acids is 1. The van der Waals surface area contributed by atoms with E-state index in [2.05, 4.69) is 15.5 Å². The molecule has 0 aliphatic carbocycles. The summed E-state index contributed by atoms with van der Waals surface area (Å²) in [6.45, 7) is 0.941. The van der Waals surface area contributed by atoms with Crippen LogP contribution in [0.25, 0.3) is 22.0 Å². The molecule has 0 spiro atoms. The van der Waals surface area contributed by atoms with Crippen LogP contribution >= 0.6 is 0 Å². The molecule has 1 aromatic heterocycles. The molecule has 7 nitrogen and oxygen atoms in total. The van der Waals surface area contributed by atoms with Gasteiger partial charge in [0, 0.05) is 22.7 Å². The molecule has 0 atom stereocenters. The van der Waals surface area contributed by atoms with Crippen LogP contribution in [0.2, 0.25) is 0 Å². The summed E-state index contributed by atoms with van der Waals surface area (Å²) in [5.74, 6) is -0.302. The number of nitrogens with zero attached hydrogens (tertiary/aromatic N) is 3. The fourth-order valence-electron chi connectivity index (χ4n) is 3.94. The predicted molar refractivity (Wildman–Crippen MR) is 131 cm³/mol. The van der Waals surface area contributed by atoms with Crippen LogP contribution in [0, 0.1) is 0 Å². The monoisotopic (exact) mass is 470 g/mol. The van der Waals surface area contributed by atoms with Gasteiger partial charge >= 0.3 is 0 Å². The van der Waals surface area contributed by atoms with Gasteiger partial charge in [-0.05, 0) is 42.3 Å². The minimum absolute atomic E-state index is 0.105. The maximum Gasteiger partial charge on any atom is 0.268 e. The second-order valence-electron chi connectivity index (χ2n) is 7.88. The maximum absolute atomic E-state index is 13.5. The molecule has 0 radical (unpaired) electrons. The van der Waals surface area contributed by atoms with Crippen molar-refractivity contribution in [2.45, 2.75) is 11.3 Å². The molecule has 0 unspecified atom stereocenters. The van der Waals surface area contributed by atoms with Crippen LogP contribution in [-0.2, 0) is 10.0 Å². The number of rotatable bonds is 6. The number of azo groups is 1.